The number of rotatable bonds is 6. The number of anilines is 1. The van der Waals surface area contributed by atoms with Crippen molar-refractivity contribution in [3.05, 3.63) is 82.2 Å². The summed E-state index contributed by atoms with van der Waals surface area (Å²) in [5.74, 6) is 0. The predicted molar refractivity (Wildman–Crippen MR) is 105 cm³/mol. The molecule has 0 spiro atoms. The lowest BCUT2D eigenvalue weighted by molar-refractivity contribution is 0.392. The van der Waals surface area contributed by atoms with E-state index < -0.39 is 10.1 Å². The Kier molecular flexibility index (Phi) is 5.22. The second-order valence-corrected chi connectivity index (χ2v) is 8.44. The Morgan fingerprint density at radius 1 is 1.00 bits per heavy atom. The summed E-state index contributed by atoms with van der Waals surface area (Å²) in [7, 11) is -3.90. The molecule has 7 heteroatoms. The van der Waals surface area contributed by atoms with Crippen LogP contribution in [0.25, 0.3) is 0 Å². The van der Waals surface area contributed by atoms with Gasteiger partial charge in [-0.05, 0) is 43.7 Å². The maximum atomic E-state index is 12.2. The third kappa shape index (κ3) is 4.01. The third-order valence-corrected chi connectivity index (χ3v) is 5.98. The van der Waals surface area contributed by atoms with Gasteiger partial charge in [-0.1, -0.05) is 42.0 Å². The molecular formula is C19H18N2O3S2. The van der Waals surface area contributed by atoms with E-state index in [1.54, 1.807) is 24.3 Å². The fourth-order valence-corrected chi connectivity index (χ4v) is 3.98. The molecule has 0 bridgehead atoms. The highest BCUT2D eigenvalue weighted by molar-refractivity contribution is 7.86. The lowest BCUT2D eigenvalue weighted by Crippen LogP contribution is -2.11. The molecule has 0 radical (unpaired) electrons. The predicted octanol–water partition coefficient (Wildman–Crippen LogP) is 4.51. The molecule has 1 heterocycles. The molecule has 5 nitrogen and oxygen atoms in total. The first-order valence-corrected chi connectivity index (χ1v) is 10.1. The van der Waals surface area contributed by atoms with Crippen LogP contribution in [0.5, 0.6) is 0 Å². The molecule has 0 unspecified atom stereocenters. The molecular weight excluding hydrogens is 368 g/mol. The van der Waals surface area contributed by atoms with Crippen LogP contribution in [0.15, 0.2) is 65.6 Å². The van der Waals surface area contributed by atoms with Gasteiger partial charge in [-0.3, -0.25) is 5.41 Å². The molecule has 0 fully saturated rings. The van der Waals surface area contributed by atoms with Crippen molar-refractivity contribution in [3.8, 4) is 0 Å². The van der Waals surface area contributed by atoms with Gasteiger partial charge >= 0.3 is 10.1 Å². The third-order valence-electron chi connectivity index (χ3n) is 3.83. The molecule has 0 amide bonds. The molecule has 2 N–H and O–H groups in total. The van der Waals surface area contributed by atoms with Crippen molar-refractivity contribution >= 4 is 32.2 Å². The Morgan fingerprint density at radius 2 is 1.69 bits per heavy atom. The summed E-state index contributed by atoms with van der Waals surface area (Å²) < 4.78 is 29.3. The maximum absolute atomic E-state index is 12.2. The highest BCUT2D eigenvalue weighted by Crippen LogP contribution is 2.26. The molecule has 0 aliphatic heterocycles. The maximum Gasteiger partial charge on any atom is 0.317 e. The van der Waals surface area contributed by atoms with Gasteiger partial charge in [-0.15, -0.1) is 15.6 Å². The number of benzene rings is 2. The fraction of sp³-hybridized carbons (Fsp3) is 0.105. The largest absolute Gasteiger partial charge is 0.317 e. The van der Waals surface area contributed by atoms with E-state index >= 15 is 0 Å². The summed E-state index contributed by atoms with van der Waals surface area (Å²) in [4.78, 5) is 0.804. The van der Waals surface area contributed by atoms with Crippen LogP contribution in [-0.4, -0.2) is 14.1 Å². The Balaban J connectivity index is 1.72. The number of aryl methyl sites for hydroxylation is 2. The standard InChI is InChI=1S/C19H18N2O3S2/c1-13-7-9-15(10-8-13)26(22,23)24-21-18-12-11-17(25-18)19(20)16-6-4-3-5-14(16)2/h3-12,20-21H,1-2H3. The van der Waals surface area contributed by atoms with Crippen LogP contribution in [-0.2, 0) is 14.4 Å². The van der Waals surface area contributed by atoms with Gasteiger partial charge in [-0.25, -0.2) is 5.48 Å². The van der Waals surface area contributed by atoms with E-state index in [-0.39, 0.29) is 4.90 Å². The zero-order valence-electron chi connectivity index (χ0n) is 14.3. The Labute approximate surface area is 156 Å². The Hall–Kier alpha value is -2.48. The SMILES string of the molecule is Cc1ccc(S(=O)(=O)ONc2ccc(C(=N)c3ccccc3C)s2)cc1. The van der Waals surface area contributed by atoms with Crippen LogP contribution in [0.2, 0.25) is 0 Å². The first kappa shape index (κ1) is 18.3. The summed E-state index contributed by atoms with van der Waals surface area (Å²) in [6.45, 7) is 3.83. The van der Waals surface area contributed by atoms with E-state index in [1.807, 2.05) is 38.1 Å². The minimum absolute atomic E-state index is 0.0834. The van der Waals surface area contributed by atoms with Gasteiger partial charge in [0, 0.05) is 5.56 Å². The van der Waals surface area contributed by atoms with Gasteiger partial charge in [0.25, 0.3) is 0 Å². The molecule has 3 aromatic rings. The summed E-state index contributed by atoms with van der Waals surface area (Å²) in [6, 6.07) is 17.5. The van der Waals surface area contributed by atoms with Crippen LogP contribution in [0.3, 0.4) is 0 Å². The molecule has 0 saturated heterocycles. The molecule has 0 aliphatic carbocycles. The van der Waals surface area contributed by atoms with Gasteiger partial charge in [0.2, 0.25) is 0 Å². The van der Waals surface area contributed by atoms with E-state index in [1.165, 1.54) is 23.5 Å². The van der Waals surface area contributed by atoms with E-state index in [9.17, 15) is 8.42 Å². The van der Waals surface area contributed by atoms with Crippen molar-refractivity contribution in [1.29, 1.82) is 5.41 Å². The molecule has 134 valence electrons. The Morgan fingerprint density at radius 3 is 2.38 bits per heavy atom. The minimum Gasteiger partial charge on any atom is -0.299 e. The van der Waals surface area contributed by atoms with Crippen molar-refractivity contribution in [1.82, 2.24) is 0 Å². The quantitative estimate of drug-likeness (QED) is 0.482. The van der Waals surface area contributed by atoms with Gasteiger partial charge < -0.3 is 0 Å². The average molecular weight is 386 g/mol. The lowest BCUT2D eigenvalue weighted by atomic mass is 10.0. The highest BCUT2D eigenvalue weighted by atomic mass is 32.2. The summed E-state index contributed by atoms with van der Waals surface area (Å²) in [6.07, 6.45) is 0. The minimum atomic E-state index is -3.90. The lowest BCUT2D eigenvalue weighted by Gasteiger charge is -2.06. The van der Waals surface area contributed by atoms with Gasteiger partial charge in [0.05, 0.1) is 15.5 Å². The van der Waals surface area contributed by atoms with Crippen LogP contribution in [0, 0.1) is 19.3 Å². The van der Waals surface area contributed by atoms with E-state index in [0.29, 0.717) is 10.7 Å². The molecule has 1 aromatic heterocycles. The molecule has 3 rings (SSSR count). The second kappa shape index (κ2) is 7.41. The monoisotopic (exact) mass is 386 g/mol. The topological polar surface area (TPSA) is 79.2 Å². The average Bonchev–Trinajstić information content (AvgIpc) is 3.09. The highest BCUT2D eigenvalue weighted by Gasteiger charge is 2.16. The van der Waals surface area contributed by atoms with Crippen LogP contribution < -0.4 is 5.48 Å². The summed E-state index contributed by atoms with van der Waals surface area (Å²) in [5, 5.41) is 8.87. The summed E-state index contributed by atoms with van der Waals surface area (Å²) >= 11 is 1.26. The molecule has 0 aliphatic rings. The van der Waals surface area contributed by atoms with E-state index in [2.05, 4.69) is 5.48 Å². The second-order valence-electron chi connectivity index (χ2n) is 5.81. The van der Waals surface area contributed by atoms with Crippen molar-refractivity contribution in [2.24, 2.45) is 0 Å². The molecule has 0 saturated carbocycles. The normalized spacial score (nSPS) is 11.3. The van der Waals surface area contributed by atoms with Crippen molar-refractivity contribution < 1.29 is 12.7 Å². The van der Waals surface area contributed by atoms with Crippen molar-refractivity contribution in [2.45, 2.75) is 18.7 Å². The van der Waals surface area contributed by atoms with E-state index in [0.717, 1.165) is 21.6 Å². The number of hydrogen-bond donors (Lipinski definition) is 2. The van der Waals surface area contributed by atoms with Crippen molar-refractivity contribution in [3.63, 3.8) is 0 Å². The smallest absolute Gasteiger partial charge is 0.299 e. The van der Waals surface area contributed by atoms with Crippen LogP contribution in [0.4, 0.5) is 5.00 Å². The molecule has 26 heavy (non-hydrogen) atoms. The number of hydrogen-bond acceptors (Lipinski definition) is 6. The number of nitrogens with one attached hydrogen (secondary N) is 2. The number of thiophene rings is 1. The van der Waals surface area contributed by atoms with E-state index in [4.69, 9.17) is 9.69 Å². The van der Waals surface area contributed by atoms with Crippen LogP contribution >= 0.6 is 11.3 Å². The van der Waals surface area contributed by atoms with Crippen molar-refractivity contribution in [2.75, 3.05) is 5.48 Å². The zero-order chi connectivity index (χ0) is 18.7. The Bertz CT molecular complexity index is 1040. The molecule has 0 atom stereocenters. The fourth-order valence-electron chi connectivity index (χ4n) is 2.36. The first-order valence-electron chi connectivity index (χ1n) is 7.88. The van der Waals surface area contributed by atoms with Gasteiger partial charge in [0.1, 0.15) is 5.00 Å². The van der Waals surface area contributed by atoms with Gasteiger partial charge in [-0.2, -0.15) is 8.42 Å². The zero-order valence-corrected chi connectivity index (χ0v) is 15.9. The first-order chi connectivity index (χ1) is 12.4. The summed E-state index contributed by atoms with van der Waals surface area (Å²) in [5.41, 5.74) is 5.69. The van der Waals surface area contributed by atoms with Crippen LogP contribution in [0.1, 0.15) is 21.6 Å². The molecule has 2 aromatic carbocycles. The van der Waals surface area contributed by atoms with Gasteiger partial charge in [0.15, 0.2) is 0 Å².